The van der Waals surface area contributed by atoms with Crippen LogP contribution in [-0.4, -0.2) is 0 Å². The molecular weight excluding hydrogens is 274 g/mol. The van der Waals surface area contributed by atoms with Gasteiger partial charge >= 0.3 is 0 Å². The van der Waals surface area contributed by atoms with Gasteiger partial charge in [-0.05, 0) is 69.4 Å². The Kier molecular flexibility index (Phi) is 3.61. The second-order valence-corrected chi connectivity index (χ2v) is 4.57. The molecule has 0 aromatic heterocycles. The quantitative estimate of drug-likeness (QED) is 0.804. The van der Waals surface area contributed by atoms with Crippen LogP contribution in [-0.2, 0) is 6.42 Å². The van der Waals surface area contributed by atoms with Crippen LogP contribution in [0.3, 0.4) is 0 Å². The van der Waals surface area contributed by atoms with Gasteiger partial charge in [-0.3, -0.25) is 0 Å². The zero-order valence-corrected chi connectivity index (χ0v) is 11.1. The summed E-state index contributed by atoms with van der Waals surface area (Å²) in [5, 5.41) is 8.91. The van der Waals surface area contributed by atoms with E-state index in [1.807, 2.05) is 30.3 Å². The smallest absolute Gasteiger partial charge is 0.0991 e. The van der Waals surface area contributed by atoms with Crippen LogP contribution in [0, 0.1) is 17.4 Å². The van der Waals surface area contributed by atoms with E-state index in [1.54, 1.807) is 0 Å². The van der Waals surface area contributed by atoms with Crippen LogP contribution in [0.15, 0.2) is 40.9 Å². The molecule has 0 atom stereocenters. The highest BCUT2D eigenvalue weighted by Crippen LogP contribution is 2.29. The maximum Gasteiger partial charge on any atom is 0.0991 e. The van der Waals surface area contributed by atoms with Gasteiger partial charge in [-0.15, -0.1) is 0 Å². The standard InChI is InChI=1S/C15H11BrN/c1-2-11-6-7-15(16)14(9-11)13-5-3-4-12(8-13)10-17/h3-6,8-9H,2H2,1H3. The highest BCUT2D eigenvalue weighted by molar-refractivity contribution is 9.10. The first-order valence-corrected chi connectivity index (χ1v) is 6.24. The third-order valence-corrected chi connectivity index (χ3v) is 3.32. The molecule has 0 bridgehead atoms. The van der Waals surface area contributed by atoms with Crippen LogP contribution in [0.2, 0.25) is 0 Å². The van der Waals surface area contributed by atoms with Crippen molar-refractivity contribution < 1.29 is 0 Å². The minimum absolute atomic E-state index is 0.677. The molecule has 0 unspecified atom stereocenters. The van der Waals surface area contributed by atoms with Crippen molar-refractivity contribution in [3.05, 3.63) is 58.1 Å². The summed E-state index contributed by atoms with van der Waals surface area (Å²) in [7, 11) is 0. The molecule has 2 rings (SSSR count). The first-order chi connectivity index (χ1) is 8.24. The SMILES string of the molecule is CCc1c[c]c(Br)c(-c2cccc(C#N)c2)c1. The topological polar surface area (TPSA) is 23.8 Å². The third kappa shape index (κ3) is 2.57. The lowest BCUT2D eigenvalue weighted by Gasteiger charge is -2.07. The predicted molar refractivity (Wildman–Crippen MR) is 72.5 cm³/mol. The summed E-state index contributed by atoms with van der Waals surface area (Å²) in [6.07, 6.45) is 0.981. The third-order valence-electron chi connectivity index (χ3n) is 2.66. The maximum absolute atomic E-state index is 8.91. The van der Waals surface area contributed by atoms with E-state index >= 15 is 0 Å². The van der Waals surface area contributed by atoms with Crippen molar-refractivity contribution >= 4 is 15.9 Å². The molecule has 0 spiro atoms. The van der Waals surface area contributed by atoms with E-state index in [1.165, 1.54) is 5.56 Å². The summed E-state index contributed by atoms with van der Waals surface area (Å²) in [4.78, 5) is 0. The highest BCUT2D eigenvalue weighted by atomic mass is 79.9. The zero-order chi connectivity index (χ0) is 12.3. The number of halogens is 1. The van der Waals surface area contributed by atoms with E-state index in [4.69, 9.17) is 5.26 Å². The average Bonchev–Trinajstić information content (AvgIpc) is 2.39. The molecule has 83 valence electrons. The summed E-state index contributed by atoms with van der Waals surface area (Å²) >= 11 is 3.50. The summed E-state index contributed by atoms with van der Waals surface area (Å²) in [5.74, 6) is 0. The molecular formula is C15H11BrN. The van der Waals surface area contributed by atoms with Gasteiger partial charge in [0.2, 0.25) is 0 Å². The lowest BCUT2D eigenvalue weighted by molar-refractivity contribution is 1.14. The van der Waals surface area contributed by atoms with Crippen molar-refractivity contribution in [2.24, 2.45) is 0 Å². The van der Waals surface area contributed by atoms with E-state index < -0.39 is 0 Å². The van der Waals surface area contributed by atoms with Crippen LogP contribution >= 0.6 is 15.9 Å². The molecule has 0 amide bonds. The summed E-state index contributed by atoms with van der Waals surface area (Å²) in [6.45, 7) is 2.12. The van der Waals surface area contributed by atoms with E-state index in [0.29, 0.717) is 5.56 Å². The number of benzene rings is 2. The maximum atomic E-state index is 8.91. The number of aryl methyl sites for hydroxylation is 1. The fourth-order valence-corrected chi connectivity index (χ4v) is 2.15. The largest absolute Gasteiger partial charge is 0.192 e. The van der Waals surface area contributed by atoms with Gasteiger partial charge in [0, 0.05) is 4.47 Å². The first kappa shape index (κ1) is 11.9. The van der Waals surface area contributed by atoms with Crippen LogP contribution in [0.1, 0.15) is 18.1 Å². The van der Waals surface area contributed by atoms with Crippen LogP contribution < -0.4 is 0 Å². The first-order valence-electron chi connectivity index (χ1n) is 5.45. The Morgan fingerprint density at radius 2 is 2.18 bits per heavy atom. The van der Waals surface area contributed by atoms with Gasteiger partial charge in [0.15, 0.2) is 0 Å². The molecule has 1 nitrogen and oxygen atoms in total. The summed E-state index contributed by atoms with van der Waals surface area (Å²) in [5.41, 5.74) is 4.05. The summed E-state index contributed by atoms with van der Waals surface area (Å²) < 4.78 is 0.935. The molecule has 0 aliphatic heterocycles. The minimum atomic E-state index is 0.677. The zero-order valence-electron chi connectivity index (χ0n) is 9.50. The number of hydrogen-bond acceptors (Lipinski definition) is 1. The Morgan fingerprint density at radius 3 is 2.88 bits per heavy atom. The molecule has 2 aromatic carbocycles. The van der Waals surface area contributed by atoms with Crippen molar-refractivity contribution in [2.45, 2.75) is 13.3 Å². The highest BCUT2D eigenvalue weighted by Gasteiger charge is 2.05. The lowest BCUT2D eigenvalue weighted by atomic mass is 10.0. The number of hydrogen-bond donors (Lipinski definition) is 0. The average molecular weight is 285 g/mol. The Bertz CT molecular complexity index is 582. The van der Waals surface area contributed by atoms with Crippen LogP contribution in [0.25, 0.3) is 11.1 Å². The van der Waals surface area contributed by atoms with Crippen molar-refractivity contribution in [3.8, 4) is 17.2 Å². The molecule has 0 heterocycles. The Labute approximate surface area is 110 Å². The fraction of sp³-hybridized carbons (Fsp3) is 0.133. The lowest BCUT2D eigenvalue weighted by Crippen LogP contribution is -1.86. The molecule has 0 saturated carbocycles. The van der Waals surface area contributed by atoms with Gasteiger partial charge in [0.05, 0.1) is 11.6 Å². The Morgan fingerprint density at radius 1 is 1.35 bits per heavy atom. The Balaban J connectivity index is 2.55. The number of rotatable bonds is 2. The molecule has 0 fully saturated rings. The van der Waals surface area contributed by atoms with Gasteiger partial charge in [-0.2, -0.15) is 5.26 Å². The molecule has 1 radical (unpaired) electrons. The number of nitriles is 1. The van der Waals surface area contributed by atoms with Crippen molar-refractivity contribution in [2.75, 3.05) is 0 Å². The molecule has 2 aromatic rings. The summed E-state index contributed by atoms with van der Waals surface area (Å²) in [6, 6.07) is 17.1. The van der Waals surface area contributed by atoms with Crippen LogP contribution in [0.5, 0.6) is 0 Å². The van der Waals surface area contributed by atoms with Gasteiger partial charge in [-0.1, -0.05) is 19.1 Å². The van der Waals surface area contributed by atoms with E-state index in [0.717, 1.165) is 22.0 Å². The van der Waals surface area contributed by atoms with Gasteiger partial charge < -0.3 is 0 Å². The molecule has 0 saturated heterocycles. The molecule has 17 heavy (non-hydrogen) atoms. The van der Waals surface area contributed by atoms with Gasteiger partial charge in [0.25, 0.3) is 0 Å². The van der Waals surface area contributed by atoms with Crippen molar-refractivity contribution in [1.29, 1.82) is 5.26 Å². The van der Waals surface area contributed by atoms with E-state index in [-0.39, 0.29) is 0 Å². The van der Waals surface area contributed by atoms with E-state index in [9.17, 15) is 0 Å². The van der Waals surface area contributed by atoms with Gasteiger partial charge in [-0.25, -0.2) is 0 Å². The van der Waals surface area contributed by atoms with E-state index in [2.05, 4.69) is 41.1 Å². The van der Waals surface area contributed by atoms with Crippen LogP contribution in [0.4, 0.5) is 0 Å². The Hall–Kier alpha value is -1.59. The fourth-order valence-electron chi connectivity index (χ4n) is 1.69. The molecule has 0 N–H and O–H groups in total. The van der Waals surface area contributed by atoms with Gasteiger partial charge in [0.1, 0.15) is 0 Å². The number of nitrogens with zero attached hydrogens (tertiary/aromatic N) is 1. The normalized spacial score (nSPS) is 9.94. The molecule has 2 heteroatoms. The minimum Gasteiger partial charge on any atom is -0.192 e. The molecule has 0 aliphatic rings. The van der Waals surface area contributed by atoms with Crippen molar-refractivity contribution in [3.63, 3.8) is 0 Å². The van der Waals surface area contributed by atoms with Crippen molar-refractivity contribution in [1.82, 2.24) is 0 Å². The monoisotopic (exact) mass is 284 g/mol. The second kappa shape index (κ2) is 5.16. The second-order valence-electron chi connectivity index (χ2n) is 3.78. The molecule has 0 aliphatic carbocycles. The predicted octanol–water partition coefficient (Wildman–Crippen LogP) is 4.35.